The van der Waals surface area contributed by atoms with Gasteiger partial charge in [-0.3, -0.25) is 0 Å². The first kappa shape index (κ1) is 10.7. The third-order valence-corrected chi connectivity index (χ3v) is 3.41. The van der Waals surface area contributed by atoms with Crippen LogP contribution in [0.1, 0.15) is 16.5 Å². The van der Waals surface area contributed by atoms with Crippen LogP contribution in [0.15, 0.2) is 34.3 Å². The van der Waals surface area contributed by atoms with Gasteiger partial charge in [-0.05, 0) is 33.8 Å². The van der Waals surface area contributed by atoms with Gasteiger partial charge in [0.25, 0.3) is 0 Å². The first-order chi connectivity index (χ1) is 5.88. The molecule has 0 radical (unpaired) electrons. The molecule has 70 valence electrons. The first-order valence-electron chi connectivity index (χ1n) is 3.69. The molecule has 0 unspecified atom stereocenters. The number of hydrogen-bond donors (Lipinski definition) is 1. The lowest BCUT2D eigenvalue weighted by Gasteiger charge is -2.05. The average molecular weight is 232 g/mol. The smallest absolute Gasteiger partial charge is 0.0654 e. The van der Waals surface area contributed by atoms with Gasteiger partial charge in [0, 0.05) is 4.88 Å². The van der Waals surface area contributed by atoms with E-state index in [1.807, 2.05) is 6.07 Å². The minimum atomic E-state index is 0. The Bertz CT molecular complexity index is 294. The van der Waals surface area contributed by atoms with Crippen LogP contribution in [-0.2, 0) is 0 Å². The first-order valence-corrected chi connectivity index (χ1v) is 5.51. The van der Waals surface area contributed by atoms with Crippen LogP contribution >= 0.6 is 35.1 Å². The van der Waals surface area contributed by atoms with Gasteiger partial charge in [0.2, 0.25) is 0 Å². The van der Waals surface area contributed by atoms with E-state index in [0.717, 1.165) is 0 Å². The second-order valence-electron chi connectivity index (χ2n) is 2.55. The summed E-state index contributed by atoms with van der Waals surface area (Å²) >= 11 is 3.40. The zero-order valence-corrected chi connectivity index (χ0v) is 9.29. The Kier molecular flexibility index (Phi) is 3.93. The van der Waals surface area contributed by atoms with Gasteiger partial charge < -0.3 is 5.73 Å². The summed E-state index contributed by atoms with van der Waals surface area (Å²) in [5.41, 5.74) is 7.23. The van der Waals surface area contributed by atoms with Crippen molar-refractivity contribution in [1.82, 2.24) is 0 Å². The molecule has 4 heteroatoms. The summed E-state index contributed by atoms with van der Waals surface area (Å²) in [6.07, 6.45) is 0. The molecule has 0 aliphatic rings. The van der Waals surface area contributed by atoms with Crippen molar-refractivity contribution in [1.29, 1.82) is 0 Å². The monoisotopic (exact) mass is 231 g/mol. The zero-order chi connectivity index (χ0) is 8.39. The van der Waals surface area contributed by atoms with Crippen molar-refractivity contribution in [2.45, 2.75) is 6.04 Å². The summed E-state index contributed by atoms with van der Waals surface area (Å²) in [5, 5.41) is 6.22. The molecule has 1 atom stereocenters. The molecule has 0 saturated carbocycles. The largest absolute Gasteiger partial charge is 0.320 e. The van der Waals surface area contributed by atoms with Gasteiger partial charge in [0.15, 0.2) is 0 Å². The number of thiophene rings is 2. The van der Waals surface area contributed by atoms with E-state index in [4.69, 9.17) is 5.73 Å². The third kappa shape index (κ3) is 2.31. The highest BCUT2D eigenvalue weighted by Crippen LogP contribution is 2.24. The molecular formula is C9H10ClNS2. The van der Waals surface area contributed by atoms with E-state index in [9.17, 15) is 0 Å². The summed E-state index contributed by atoms with van der Waals surface area (Å²) in [4.78, 5) is 1.23. The Morgan fingerprint density at radius 2 is 2.08 bits per heavy atom. The molecule has 1 nitrogen and oxygen atoms in total. The van der Waals surface area contributed by atoms with Crippen LogP contribution in [-0.4, -0.2) is 0 Å². The van der Waals surface area contributed by atoms with Crippen LogP contribution in [0.25, 0.3) is 0 Å². The molecule has 0 aliphatic heterocycles. The van der Waals surface area contributed by atoms with Crippen LogP contribution in [0, 0.1) is 0 Å². The van der Waals surface area contributed by atoms with Crippen LogP contribution < -0.4 is 5.73 Å². The number of hydrogen-bond acceptors (Lipinski definition) is 3. The van der Waals surface area contributed by atoms with E-state index in [1.165, 1.54) is 10.4 Å². The summed E-state index contributed by atoms with van der Waals surface area (Å²) in [6.45, 7) is 0. The lowest BCUT2D eigenvalue weighted by molar-refractivity contribution is 0.899. The fraction of sp³-hybridized carbons (Fsp3) is 0.111. The van der Waals surface area contributed by atoms with Gasteiger partial charge in [-0.15, -0.1) is 23.7 Å². The van der Waals surface area contributed by atoms with Gasteiger partial charge in [-0.2, -0.15) is 11.3 Å². The standard InChI is InChI=1S/C9H9NS2.ClH/c10-9(7-3-5-11-6-7)8-2-1-4-12-8;/h1-6,9H,10H2;1H/t9-;/m0./s1. The SMILES string of the molecule is Cl.N[C@@H](c1ccsc1)c1cccs1. The van der Waals surface area contributed by atoms with Gasteiger partial charge in [0.1, 0.15) is 0 Å². The lowest BCUT2D eigenvalue weighted by atomic mass is 10.1. The fourth-order valence-corrected chi connectivity index (χ4v) is 2.54. The van der Waals surface area contributed by atoms with Gasteiger partial charge in [0.05, 0.1) is 6.04 Å². The van der Waals surface area contributed by atoms with E-state index < -0.39 is 0 Å². The van der Waals surface area contributed by atoms with Crippen LogP contribution in [0.3, 0.4) is 0 Å². The highest BCUT2D eigenvalue weighted by Gasteiger charge is 2.08. The minimum absolute atomic E-state index is 0. The van der Waals surface area contributed by atoms with Crippen molar-refractivity contribution in [2.24, 2.45) is 5.73 Å². The van der Waals surface area contributed by atoms with Crippen molar-refractivity contribution in [2.75, 3.05) is 0 Å². The van der Waals surface area contributed by atoms with Crippen LogP contribution in [0.2, 0.25) is 0 Å². The Balaban J connectivity index is 0.000000845. The molecule has 0 aromatic carbocycles. The summed E-state index contributed by atoms with van der Waals surface area (Å²) in [5.74, 6) is 0. The number of halogens is 1. The van der Waals surface area contributed by atoms with Crippen molar-refractivity contribution in [3.8, 4) is 0 Å². The molecule has 2 aromatic rings. The summed E-state index contributed by atoms with van der Waals surface area (Å²) < 4.78 is 0. The Morgan fingerprint density at radius 3 is 2.62 bits per heavy atom. The van der Waals surface area contributed by atoms with Crippen LogP contribution in [0.4, 0.5) is 0 Å². The van der Waals surface area contributed by atoms with Gasteiger partial charge in [-0.1, -0.05) is 6.07 Å². The molecule has 2 aromatic heterocycles. The van der Waals surface area contributed by atoms with E-state index >= 15 is 0 Å². The molecule has 0 bridgehead atoms. The van der Waals surface area contributed by atoms with Crippen molar-refractivity contribution < 1.29 is 0 Å². The van der Waals surface area contributed by atoms with Crippen molar-refractivity contribution in [3.63, 3.8) is 0 Å². The average Bonchev–Trinajstić information content (AvgIpc) is 2.77. The maximum absolute atomic E-state index is 6.02. The van der Waals surface area contributed by atoms with Gasteiger partial charge in [-0.25, -0.2) is 0 Å². The predicted molar refractivity (Wildman–Crippen MR) is 61.9 cm³/mol. The zero-order valence-electron chi connectivity index (χ0n) is 6.84. The Morgan fingerprint density at radius 1 is 1.23 bits per heavy atom. The fourth-order valence-electron chi connectivity index (χ4n) is 1.08. The number of nitrogens with two attached hydrogens (primary N) is 1. The topological polar surface area (TPSA) is 26.0 Å². The third-order valence-electron chi connectivity index (χ3n) is 1.75. The Labute approximate surface area is 91.6 Å². The molecule has 0 fully saturated rings. The second-order valence-corrected chi connectivity index (χ2v) is 4.31. The molecule has 0 saturated heterocycles. The molecule has 2 heterocycles. The normalized spacial score (nSPS) is 12.1. The molecule has 0 aliphatic carbocycles. The molecular weight excluding hydrogens is 222 g/mol. The van der Waals surface area contributed by atoms with Gasteiger partial charge >= 0.3 is 0 Å². The van der Waals surface area contributed by atoms with Crippen LogP contribution in [0.5, 0.6) is 0 Å². The number of rotatable bonds is 2. The minimum Gasteiger partial charge on any atom is -0.320 e. The molecule has 13 heavy (non-hydrogen) atoms. The maximum atomic E-state index is 6.02. The lowest BCUT2D eigenvalue weighted by Crippen LogP contribution is -2.08. The molecule has 0 amide bonds. The van der Waals surface area contributed by atoms with Crippen molar-refractivity contribution in [3.05, 3.63) is 44.8 Å². The quantitative estimate of drug-likeness (QED) is 0.844. The molecule has 2 rings (SSSR count). The van der Waals surface area contributed by atoms with E-state index in [0.29, 0.717) is 0 Å². The highest BCUT2D eigenvalue weighted by molar-refractivity contribution is 7.10. The Hall–Kier alpha value is -0.350. The maximum Gasteiger partial charge on any atom is 0.0654 e. The molecule has 0 spiro atoms. The predicted octanol–water partition coefficient (Wildman–Crippen LogP) is 3.28. The summed E-state index contributed by atoms with van der Waals surface area (Å²) in [7, 11) is 0. The highest BCUT2D eigenvalue weighted by atomic mass is 35.5. The molecule has 2 N–H and O–H groups in total. The van der Waals surface area contributed by atoms with E-state index in [1.54, 1.807) is 22.7 Å². The van der Waals surface area contributed by atoms with Crippen molar-refractivity contribution >= 4 is 35.1 Å². The van der Waals surface area contributed by atoms with E-state index in [2.05, 4.69) is 28.3 Å². The summed E-state index contributed by atoms with van der Waals surface area (Å²) in [6, 6.07) is 6.25. The van der Waals surface area contributed by atoms with E-state index in [-0.39, 0.29) is 18.4 Å². The second kappa shape index (κ2) is 4.77.